The van der Waals surface area contributed by atoms with E-state index in [1.165, 1.54) is 25.3 Å². The molecule has 0 aromatic heterocycles. The Morgan fingerprint density at radius 3 is 2.36 bits per heavy atom. The number of carbonyl (C=O) groups excluding carboxylic acids is 3. The largest absolute Gasteiger partial charge is 0.507 e. The number of methoxy groups -OCH3 is 2. The maximum Gasteiger partial charge on any atom is 0.220 e. The van der Waals surface area contributed by atoms with Gasteiger partial charge in [0, 0.05) is 42.0 Å². The van der Waals surface area contributed by atoms with Crippen molar-refractivity contribution in [3.8, 4) is 23.0 Å². The highest BCUT2D eigenvalue weighted by atomic mass is 16.5. The van der Waals surface area contributed by atoms with E-state index >= 15 is 0 Å². The third kappa shape index (κ3) is 7.43. The van der Waals surface area contributed by atoms with Crippen LogP contribution >= 0.6 is 0 Å². The number of aliphatic hydroxyl groups is 1. The van der Waals surface area contributed by atoms with Crippen LogP contribution in [0.5, 0.6) is 23.0 Å². The summed E-state index contributed by atoms with van der Waals surface area (Å²) >= 11 is 0. The Morgan fingerprint density at radius 1 is 0.980 bits per heavy atom. The monoisotopic (exact) mass is 678 g/mol. The molecule has 2 atom stereocenters. The fourth-order valence-electron chi connectivity index (χ4n) is 6.08. The van der Waals surface area contributed by atoms with E-state index in [0.717, 1.165) is 11.1 Å². The molecule has 2 heterocycles. The van der Waals surface area contributed by atoms with Crippen molar-refractivity contribution in [1.82, 2.24) is 0 Å². The van der Waals surface area contributed by atoms with Gasteiger partial charge in [0.15, 0.2) is 17.3 Å². The van der Waals surface area contributed by atoms with Crippen molar-refractivity contribution in [1.29, 1.82) is 0 Å². The number of carbonyl (C=O) groups is 3. The van der Waals surface area contributed by atoms with Crippen molar-refractivity contribution in [2.24, 2.45) is 0 Å². The number of ketones is 3. The molecular weight excluding hydrogens is 636 g/mol. The summed E-state index contributed by atoms with van der Waals surface area (Å²) in [6, 6.07) is 16.2. The normalized spacial score (nSPS) is 18.7. The molecular formula is C41H42O9. The average Bonchev–Trinajstić information content (AvgIpc) is 3.07. The van der Waals surface area contributed by atoms with E-state index in [2.05, 4.69) is 6.58 Å². The second kappa shape index (κ2) is 14.2. The van der Waals surface area contributed by atoms with Crippen molar-refractivity contribution in [3.05, 3.63) is 125 Å². The maximum absolute atomic E-state index is 13.1. The molecule has 3 aliphatic rings. The molecule has 3 aromatic carbocycles. The van der Waals surface area contributed by atoms with E-state index in [4.69, 9.17) is 18.9 Å². The summed E-state index contributed by atoms with van der Waals surface area (Å²) in [5.41, 5.74) is 2.57. The van der Waals surface area contributed by atoms with E-state index < -0.39 is 17.3 Å². The minimum atomic E-state index is -0.758. The van der Waals surface area contributed by atoms with Crippen LogP contribution in [0.15, 0.2) is 96.8 Å². The van der Waals surface area contributed by atoms with Gasteiger partial charge in [-0.3, -0.25) is 14.4 Å². The lowest BCUT2D eigenvalue weighted by Gasteiger charge is -2.37. The predicted octanol–water partition coefficient (Wildman–Crippen LogP) is 6.65. The number of aromatic hydroxyl groups is 1. The molecule has 50 heavy (non-hydrogen) atoms. The number of ether oxygens (including phenoxy) is 4. The van der Waals surface area contributed by atoms with Crippen LogP contribution in [0.1, 0.15) is 66.2 Å². The smallest absolute Gasteiger partial charge is 0.220 e. The Kier molecular flexibility index (Phi) is 10.2. The van der Waals surface area contributed by atoms with Crippen LogP contribution in [0.4, 0.5) is 0 Å². The van der Waals surface area contributed by atoms with Crippen molar-refractivity contribution in [2.75, 3.05) is 14.2 Å². The summed E-state index contributed by atoms with van der Waals surface area (Å²) in [4.78, 5) is 36.9. The standard InChI is InChI=1S/C25H28O6.C16H14O3/c1-24(2)9-8-16-20(30-24)7-6-14(23(16)29-5)11-18(26)17-10-15-12-22(28)25(3,4)31-21(15)13-19(17)27;1-3-12(11-7-5-4-6-8-11)13-9-15(18)16(19-2)10-14(13)17/h6-10,13,22,27-28H,11-12H2,1-5H3;3-10,12H,1H2,2H3. The van der Waals surface area contributed by atoms with Gasteiger partial charge in [0.1, 0.15) is 34.2 Å². The first-order chi connectivity index (χ1) is 23.7. The predicted molar refractivity (Wildman–Crippen MR) is 190 cm³/mol. The quantitative estimate of drug-likeness (QED) is 0.153. The van der Waals surface area contributed by atoms with Gasteiger partial charge in [0.05, 0.1) is 31.5 Å². The fraction of sp³-hybridized carbons (Fsp3) is 0.293. The molecule has 2 N–H and O–H groups in total. The number of phenolic OH excluding ortho intramolecular Hbond substituents is 1. The van der Waals surface area contributed by atoms with Crippen LogP contribution in [-0.2, 0) is 27.2 Å². The van der Waals surface area contributed by atoms with E-state index in [1.54, 1.807) is 33.1 Å². The van der Waals surface area contributed by atoms with Crippen molar-refractivity contribution in [3.63, 3.8) is 0 Å². The maximum atomic E-state index is 13.1. The van der Waals surface area contributed by atoms with Crippen LogP contribution < -0.4 is 14.2 Å². The molecule has 0 spiro atoms. The zero-order chi connectivity index (χ0) is 36.4. The molecule has 2 aliphatic heterocycles. The summed E-state index contributed by atoms with van der Waals surface area (Å²) < 4.78 is 22.3. The minimum absolute atomic E-state index is 0.0505. The van der Waals surface area contributed by atoms with Gasteiger partial charge in [0.25, 0.3) is 0 Å². The molecule has 0 radical (unpaired) electrons. The van der Waals surface area contributed by atoms with Crippen LogP contribution in [-0.4, -0.2) is 59.1 Å². The SMILES string of the molecule is C=CC(C1=CC(=O)C(OC)=CC1=O)c1ccccc1.COc1c(CC(=O)c2cc3c(cc2O)OC(C)(C)C(O)C3)ccc2c1C=CC(C)(C)O2. The first kappa shape index (κ1) is 35.9. The van der Waals surface area contributed by atoms with Gasteiger partial charge >= 0.3 is 0 Å². The number of aliphatic hydroxyl groups excluding tert-OH is 1. The average molecular weight is 679 g/mol. The molecule has 2 unspecified atom stereocenters. The fourth-order valence-corrected chi connectivity index (χ4v) is 6.08. The molecule has 3 aromatic rings. The van der Waals surface area contributed by atoms with Crippen LogP contribution in [0, 0.1) is 0 Å². The topological polar surface area (TPSA) is 129 Å². The molecule has 9 nitrogen and oxygen atoms in total. The van der Waals surface area contributed by atoms with Gasteiger partial charge in [-0.25, -0.2) is 0 Å². The first-order valence-corrected chi connectivity index (χ1v) is 16.3. The van der Waals surface area contributed by atoms with Crippen LogP contribution in [0.25, 0.3) is 6.08 Å². The summed E-state index contributed by atoms with van der Waals surface area (Å²) in [7, 11) is 2.94. The summed E-state index contributed by atoms with van der Waals surface area (Å²) in [5.74, 6) is 0.654. The number of rotatable bonds is 8. The van der Waals surface area contributed by atoms with Gasteiger partial charge < -0.3 is 29.2 Å². The van der Waals surface area contributed by atoms with Gasteiger partial charge in [-0.05, 0) is 69.2 Å². The number of Topliss-reactive ketones (excluding diaryl/α,β-unsaturated/α-hetero) is 1. The minimum Gasteiger partial charge on any atom is -0.507 e. The van der Waals surface area contributed by atoms with Crippen molar-refractivity contribution >= 4 is 23.4 Å². The van der Waals surface area contributed by atoms with Gasteiger partial charge in [-0.15, -0.1) is 6.58 Å². The second-order valence-corrected chi connectivity index (χ2v) is 13.4. The van der Waals surface area contributed by atoms with Crippen molar-refractivity contribution < 1.29 is 43.5 Å². The molecule has 9 heteroatoms. The molecule has 0 amide bonds. The highest BCUT2D eigenvalue weighted by molar-refractivity contribution is 6.19. The Bertz CT molecular complexity index is 1930. The molecule has 0 saturated heterocycles. The lowest BCUT2D eigenvalue weighted by Crippen LogP contribution is -2.46. The zero-order valence-corrected chi connectivity index (χ0v) is 29.1. The van der Waals surface area contributed by atoms with E-state index in [9.17, 15) is 24.6 Å². The lowest BCUT2D eigenvalue weighted by molar-refractivity contribution is -0.117. The van der Waals surface area contributed by atoms with Crippen LogP contribution in [0.2, 0.25) is 0 Å². The number of phenols is 1. The highest BCUT2D eigenvalue weighted by Crippen LogP contribution is 2.41. The Balaban J connectivity index is 0.000000219. The number of hydrogen-bond donors (Lipinski definition) is 2. The molecule has 0 bridgehead atoms. The Morgan fingerprint density at radius 2 is 1.70 bits per heavy atom. The summed E-state index contributed by atoms with van der Waals surface area (Å²) in [5, 5.41) is 20.8. The number of hydrogen-bond acceptors (Lipinski definition) is 9. The van der Waals surface area contributed by atoms with Crippen LogP contribution in [0.3, 0.4) is 0 Å². The lowest BCUT2D eigenvalue weighted by atomic mass is 9.85. The van der Waals surface area contributed by atoms with E-state index in [0.29, 0.717) is 40.4 Å². The highest BCUT2D eigenvalue weighted by Gasteiger charge is 2.36. The Hall–Kier alpha value is -5.41. The van der Waals surface area contributed by atoms with Gasteiger partial charge in [-0.1, -0.05) is 42.5 Å². The molecule has 6 rings (SSSR count). The molecule has 260 valence electrons. The number of fused-ring (bicyclic) bond motifs is 2. The number of allylic oxidation sites excluding steroid dienone is 4. The van der Waals surface area contributed by atoms with E-state index in [1.807, 2.05) is 68.5 Å². The summed E-state index contributed by atoms with van der Waals surface area (Å²) in [6.45, 7) is 11.3. The number of benzene rings is 3. The zero-order valence-electron chi connectivity index (χ0n) is 29.1. The van der Waals surface area contributed by atoms with Crippen molar-refractivity contribution in [2.45, 2.75) is 63.8 Å². The molecule has 1 aliphatic carbocycles. The first-order valence-electron chi connectivity index (χ1n) is 16.3. The second-order valence-electron chi connectivity index (χ2n) is 13.4. The third-order valence-corrected chi connectivity index (χ3v) is 8.91. The molecule has 0 saturated carbocycles. The van der Waals surface area contributed by atoms with E-state index in [-0.39, 0.29) is 46.8 Å². The Labute approximate surface area is 292 Å². The molecule has 0 fully saturated rings. The summed E-state index contributed by atoms with van der Waals surface area (Å²) in [6.07, 6.45) is 7.82. The van der Waals surface area contributed by atoms with Gasteiger partial charge in [0.2, 0.25) is 5.78 Å². The third-order valence-electron chi connectivity index (χ3n) is 8.91. The van der Waals surface area contributed by atoms with Gasteiger partial charge in [-0.2, -0.15) is 0 Å².